The number of hydrogen-bond acceptors (Lipinski definition) is 3. The summed E-state index contributed by atoms with van der Waals surface area (Å²) < 4.78 is 5.56. The fourth-order valence-electron chi connectivity index (χ4n) is 1.71. The van der Waals surface area contributed by atoms with Crippen LogP contribution < -0.4 is 5.32 Å². The number of nitrogens with one attached hydrogen (secondary N) is 1. The molecule has 3 heteroatoms. The van der Waals surface area contributed by atoms with Crippen molar-refractivity contribution in [1.82, 2.24) is 5.32 Å². The van der Waals surface area contributed by atoms with Gasteiger partial charge in [-0.05, 0) is 6.42 Å². The summed E-state index contributed by atoms with van der Waals surface area (Å²) in [6, 6.07) is 0. The molecule has 0 aromatic carbocycles. The quantitative estimate of drug-likeness (QED) is 0.513. The van der Waals surface area contributed by atoms with Crippen LogP contribution in [0.25, 0.3) is 0 Å². The van der Waals surface area contributed by atoms with Gasteiger partial charge >= 0.3 is 0 Å². The highest BCUT2D eigenvalue weighted by Gasteiger charge is 2.44. The SMILES string of the molecule is OCC1COC2(CNC2)C1. The fourth-order valence-corrected chi connectivity index (χ4v) is 1.71. The molecule has 0 radical (unpaired) electrons. The molecular formula is C7H13NO2. The molecule has 58 valence electrons. The molecule has 0 aromatic heterocycles. The van der Waals surface area contributed by atoms with E-state index in [9.17, 15) is 0 Å². The van der Waals surface area contributed by atoms with Crippen LogP contribution in [0.1, 0.15) is 6.42 Å². The fraction of sp³-hybridized carbons (Fsp3) is 1.00. The molecule has 0 saturated carbocycles. The summed E-state index contributed by atoms with van der Waals surface area (Å²) in [7, 11) is 0. The lowest BCUT2D eigenvalue weighted by molar-refractivity contribution is -0.0364. The largest absolute Gasteiger partial charge is 0.396 e. The molecule has 1 atom stereocenters. The number of aliphatic hydroxyl groups is 1. The molecule has 2 heterocycles. The third-order valence-electron chi connectivity index (χ3n) is 2.44. The second-order valence-corrected chi connectivity index (χ2v) is 3.35. The van der Waals surface area contributed by atoms with Crippen molar-refractivity contribution in [2.45, 2.75) is 12.0 Å². The van der Waals surface area contributed by atoms with E-state index in [1.165, 1.54) is 0 Å². The van der Waals surface area contributed by atoms with E-state index in [4.69, 9.17) is 9.84 Å². The van der Waals surface area contributed by atoms with Crippen LogP contribution in [0.2, 0.25) is 0 Å². The normalized spacial score (nSPS) is 36.3. The van der Waals surface area contributed by atoms with Crippen molar-refractivity contribution in [3.05, 3.63) is 0 Å². The van der Waals surface area contributed by atoms with Crippen molar-refractivity contribution in [1.29, 1.82) is 0 Å². The van der Waals surface area contributed by atoms with Crippen molar-refractivity contribution >= 4 is 0 Å². The van der Waals surface area contributed by atoms with Gasteiger partial charge in [0.05, 0.1) is 12.2 Å². The molecule has 3 nitrogen and oxygen atoms in total. The number of ether oxygens (including phenoxy) is 1. The van der Waals surface area contributed by atoms with E-state index in [0.29, 0.717) is 5.92 Å². The molecule has 10 heavy (non-hydrogen) atoms. The van der Waals surface area contributed by atoms with Crippen LogP contribution in [0.3, 0.4) is 0 Å². The minimum atomic E-state index is 0.118. The first-order valence-electron chi connectivity index (χ1n) is 3.80. The lowest BCUT2D eigenvalue weighted by atomic mass is 9.89. The van der Waals surface area contributed by atoms with Gasteiger partial charge in [0.1, 0.15) is 0 Å². The van der Waals surface area contributed by atoms with E-state index >= 15 is 0 Å². The van der Waals surface area contributed by atoms with Gasteiger partial charge in [-0.25, -0.2) is 0 Å². The molecule has 2 fully saturated rings. The van der Waals surface area contributed by atoms with Crippen LogP contribution in [0.5, 0.6) is 0 Å². The predicted octanol–water partition coefficient (Wildman–Crippen LogP) is -0.643. The maximum absolute atomic E-state index is 8.82. The Morgan fingerprint density at radius 3 is 2.70 bits per heavy atom. The van der Waals surface area contributed by atoms with Crippen molar-refractivity contribution in [3.8, 4) is 0 Å². The monoisotopic (exact) mass is 143 g/mol. The minimum absolute atomic E-state index is 0.118. The van der Waals surface area contributed by atoms with Gasteiger partial charge < -0.3 is 15.2 Å². The summed E-state index contributed by atoms with van der Waals surface area (Å²) >= 11 is 0. The molecule has 0 amide bonds. The lowest BCUT2D eigenvalue weighted by Crippen LogP contribution is -2.59. The third kappa shape index (κ3) is 0.856. The Morgan fingerprint density at radius 1 is 1.60 bits per heavy atom. The highest BCUT2D eigenvalue weighted by molar-refractivity contribution is 4.99. The molecule has 1 spiro atoms. The van der Waals surface area contributed by atoms with Crippen molar-refractivity contribution in [2.24, 2.45) is 5.92 Å². The molecule has 2 N–H and O–H groups in total. The summed E-state index contributed by atoms with van der Waals surface area (Å²) in [5.74, 6) is 0.391. The number of hydrogen-bond donors (Lipinski definition) is 2. The first kappa shape index (κ1) is 6.58. The topological polar surface area (TPSA) is 41.5 Å². The minimum Gasteiger partial charge on any atom is -0.396 e. The first-order chi connectivity index (χ1) is 4.85. The zero-order chi connectivity index (χ0) is 7.03. The Kier molecular flexibility index (Phi) is 1.44. The Labute approximate surface area is 60.4 Å². The zero-order valence-electron chi connectivity index (χ0n) is 5.97. The standard InChI is InChI=1S/C7H13NO2/c9-2-6-1-7(10-3-6)4-8-5-7/h6,8-9H,1-5H2. The van der Waals surface area contributed by atoms with Gasteiger partial charge in [0.15, 0.2) is 0 Å². The van der Waals surface area contributed by atoms with Gasteiger partial charge in [-0.15, -0.1) is 0 Å². The van der Waals surface area contributed by atoms with Gasteiger partial charge in [-0.2, -0.15) is 0 Å². The van der Waals surface area contributed by atoms with Crippen LogP contribution in [0, 0.1) is 5.92 Å². The number of aliphatic hydroxyl groups excluding tert-OH is 1. The summed E-state index contributed by atoms with van der Waals surface area (Å²) in [6.45, 7) is 2.98. The summed E-state index contributed by atoms with van der Waals surface area (Å²) in [5, 5.41) is 12.0. The molecule has 0 aromatic rings. The zero-order valence-corrected chi connectivity index (χ0v) is 5.97. The van der Waals surface area contributed by atoms with Gasteiger partial charge in [-0.1, -0.05) is 0 Å². The van der Waals surface area contributed by atoms with Crippen LogP contribution in [-0.2, 0) is 4.74 Å². The molecule has 2 aliphatic rings. The van der Waals surface area contributed by atoms with Crippen LogP contribution >= 0.6 is 0 Å². The van der Waals surface area contributed by atoms with Gasteiger partial charge in [-0.3, -0.25) is 0 Å². The van der Waals surface area contributed by atoms with Gasteiger partial charge in [0.2, 0.25) is 0 Å². The smallest absolute Gasteiger partial charge is 0.0934 e. The van der Waals surface area contributed by atoms with E-state index in [2.05, 4.69) is 5.32 Å². The molecule has 0 aliphatic carbocycles. The molecular weight excluding hydrogens is 130 g/mol. The second-order valence-electron chi connectivity index (χ2n) is 3.35. The highest BCUT2D eigenvalue weighted by atomic mass is 16.5. The lowest BCUT2D eigenvalue weighted by Gasteiger charge is -2.38. The van der Waals surface area contributed by atoms with Crippen molar-refractivity contribution < 1.29 is 9.84 Å². The number of rotatable bonds is 1. The van der Waals surface area contributed by atoms with Crippen LogP contribution in [-0.4, -0.2) is 37.0 Å². The summed E-state index contributed by atoms with van der Waals surface area (Å²) in [5.41, 5.74) is 0.118. The molecule has 1 unspecified atom stereocenters. The van der Waals surface area contributed by atoms with Crippen molar-refractivity contribution in [2.75, 3.05) is 26.3 Å². The van der Waals surface area contributed by atoms with E-state index in [0.717, 1.165) is 26.1 Å². The maximum Gasteiger partial charge on any atom is 0.0934 e. The summed E-state index contributed by atoms with van der Waals surface area (Å²) in [4.78, 5) is 0. The van der Waals surface area contributed by atoms with E-state index in [1.54, 1.807) is 0 Å². The van der Waals surface area contributed by atoms with E-state index in [1.807, 2.05) is 0 Å². The van der Waals surface area contributed by atoms with E-state index < -0.39 is 0 Å². The third-order valence-corrected chi connectivity index (χ3v) is 2.44. The highest BCUT2D eigenvalue weighted by Crippen LogP contribution is 2.32. The molecule has 0 bridgehead atoms. The van der Waals surface area contributed by atoms with Crippen LogP contribution in [0.15, 0.2) is 0 Å². The second kappa shape index (κ2) is 2.19. The van der Waals surface area contributed by atoms with Gasteiger partial charge in [0, 0.05) is 25.6 Å². The maximum atomic E-state index is 8.82. The van der Waals surface area contributed by atoms with E-state index in [-0.39, 0.29) is 12.2 Å². The van der Waals surface area contributed by atoms with Gasteiger partial charge in [0.25, 0.3) is 0 Å². The average Bonchev–Trinajstić information content (AvgIpc) is 2.29. The first-order valence-corrected chi connectivity index (χ1v) is 3.80. The Bertz CT molecular complexity index is 134. The summed E-state index contributed by atoms with van der Waals surface area (Å²) in [6.07, 6.45) is 1.04. The Hall–Kier alpha value is -0.120. The molecule has 2 aliphatic heterocycles. The molecule has 2 rings (SSSR count). The predicted molar refractivity (Wildman–Crippen MR) is 36.7 cm³/mol. The Morgan fingerprint density at radius 2 is 2.40 bits per heavy atom. The van der Waals surface area contributed by atoms with Crippen molar-refractivity contribution in [3.63, 3.8) is 0 Å². The Balaban J connectivity index is 1.92. The average molecular weight is 143 g/mol. The van der Waals surface area contributed by atoms with Crippen LogP contribution in [0.4, 0.5) is 0 Å². The molecule has 2 saturated heterocycles.